The van der Waals surface area contributed by atoms with E-state index >= 15 is 0 Å². The molecule has 0 saturated carbocycles. The fraction of sp³-hybridized carbons (Fsp3) is 0.308. The molecule has 0 bridgehead atoms. The molecule has 1 heterocycles. The number of amides is 2. The lowest BCUT2D eigenvalue weighted by Gasteiger charge is -2.21. The van der Waals surface area contributed by atoms with Crippen molar-refractivity contribution in [2.75, 3.05) is 19.7 Å². The van der Waals surface area contributed by atoms with Crippen LogP contribution in [0.15, 0.2) is 24.3 Å². The zero-order chi connectivity index (χ0) is 15.4. The second-order valence-electron chi connectivity index (χ2n) is 4.49. The Labute approximate surface area is 119 Å². The summed E-state index contributed by atoms with van der Waals surface area (Å²) < 4.78 is 5.39. The highest BCUT2D eigenvalue weighted by Crippen LogP contribution is 2.31. The molecular weight excluding hydrogens is 280 g/mol. The van der Waals surface area contributed by atoms with Gasteiger partial charge in [-0.1, -0.05) is 18.2 Å². The lowest BCUT2D eigenvalue weighted by molar-refractivity contribution is -0.140. The van der Waals surface area contributed by atoms with Crippen LogP contribution < -0.4 is 10.1 Å². The van der Waals surface area contributed by atoms with Crippen LogP contribution in [-0.2, 0) is 9.59 Å². The van der Waals surface area contributed by atoms with Crippen LogP contribution in [0, 0.1) is 0 Å². The molecule has 0 spiro atoms. The summed E-state index contributed by atoms with van der Waals surface area (Å²) in [6.07, 6.45) is 0. The number of hydrogen-bond acceptors (Lipinski definition) is 4. The number of carbonyl (C=O) groups is 3. The molecule has 1 atom stereocenters. The summed E-state index contributed by atoms with van der Waals surface area (Å²) in [6.45, 7) is -1.15. The largest absolute Gasteiger partial charge is 0.491 e. The van der Waals surface area contributed by atoms with Crippen molar-refractivity contribution < 1.29 is 29.3 Å². The molecule has 1 aromatic carbocycles. The van der Waals surface area contributed by atoms with Gasteiger partial charge in [-0.25, -0.2) is 4.79 Å². The van der Waals surface area contributed by atoms with Crippen molar-refractivity contribution in [2.45, 2.75) is 6.04 Å². The normalized spacial score (nSPS) is 15.7. The van der Waals surface area contributed by atoms with Crippen molar-refractivity contribution in [1.82, 2.24) is 10.2 Å². The van der Waals surface area contributed by atoms with Crippen molar-refractivity contribution >= 4 is 18.0 Å². The molecule has 0 fully saturated rings. The molecule has 0 saturated heterocycles. The van der Waals surface area contributed by atoms with E-state index in [2.05, 4.69) is 5.32 Å². The third kappa shape index (κ3) is 3.62. The van der Waals surface area contributed by atoms with Crippen molar-refractivity contribution in [3.8, 4) is 5.75 Å². The predicted molar refractivity (Wildman–Crippen MR) is 70.1 cm³/mol. The number of benzene rings is 1. The van der Waals surface area contributed by atoms with Gasteiger partial charge in [0.25, 0.3) is 0 Å². The molecule has 21 heavy (non-hydrogen) atoms. The topological polar surface area (TPSA) is 116 Å². The molecule has 0 aliphatic carbocycles. The first-order valence-electron chi connectivity index (χ1n) is 6.18. The lowest BCUT2D eigenvalue weighted by Crippen LogP contribution is -2.46. The number of hydrogen-bond donors (Lipinski definition) is 3. The number of rotatable bonds is 5. The number of nitrogens with zero attached hydrogens (tertiary/aromatic N) is 1. The summed E-state index contributed by atoms with van der Waals surface area (Å²) in [5.74, 6) is -1.92. The van der Waals surface area contributed by atoms with Crippen LogP contribution in [0.2, 0.25) is 0 Å². The smallest absolute Gasteiger partial charge is 0.323 e. The molecule has 1 aliphatic heterocycles. The van der Waals surface area contributed by atoms with Gasteiger partial charge in [0.15, 0.2) is 0 Å². The van der Waals surface area contributed by atoms with E-state index in [0.29, 0.717) is 10.6 Å². The summed E-state index contributed by atoms with van der Waals surface area (Å²) in [5.41, 5.74) is 0.774. The number of fused-ring (bicyclic) bond motifs is 1. The number of para-hydroxylation sites is 1. The maximum atomic E-state index is 12.0. The van der Waals surface area contributed by atoms with E-state index < -0.39 is 37.1 Å². The van der Waals surface area contributed by atoms with E-state index in [1.807, 2.05) is 0 Å². The molecule has 112 valence electrons. The van der Waals surface area contributed by atoms with Crippen LogP contribution in [0.1, 0.15) is 11.6 Å². The van der Waals surface area contributed by atoms with Gasteiger partial charge in [-0.2, -0.15) is 0 Å². The first-order valence-corrected chi connectivity index (χ1v) is 6.18. The Morgan fingerprint density at radius 1 is 1.19 bits per heavy atom. The lowest BCUT2D eigenvalue weighted by atomic mass is 10.1. The molecule has 0 radical (unpaired) electrons. The summed E-state index contributed by atoms with van der Waals surface area (Å²) in [4.78, 5) is 34.1. The fourth-order valence-corrected chi connectivity index (χ4v) is 2.05. The van der Waals surface area contributed by atoms with Crippen molar-refractivity contribution in [3.63, 3.8) is 0 Å². The van der Waals surface area contributed by atoms with Crippen molar-refractivity contribution in [1.29, 1.82) is 0 Å². The van der Waals surface area contributed by atoms with Gasteiger partial charge in [-0.05, 0) is 6.07 Å². The van der Waals surface area contributed by atoms with E-state index in [0.717, 1.165) is 5.56 Å². The quantitative estimate of drug-likeness (QED) is 0.719. The predicted octanol–water partition coefficient (Wildman–Crippen LogP) is 0.301. The van der Waals surface area contributed by atoms with Gasteiger partial charge in [-0.15, -0.1) is 0 Å². The Bertz CT molecular complexity index is 558. The number of nitrogens with one attached hydrogen (secondary N) is 1. The molecular formula is C13H14N2O6. The standard InChI is InChI=1S/C13H14N2O6/c16-11(17)5-15(6-12(18)19)13(20)14-9-7-21-10-4-2-1-3-8(9)10/h1-4,9H,5-7H2,(H,14,20)(H,16,17)(H,18,19). The van der Waals surface area contributed by atoms with Crippen LogP contribution >= 0.6 is 0 Å². The first-order chi connectivity index (χ1) is 9.97. The SMILES string of the molecule is O=C(O)CN(CC(=O)O)C(=O)NC1COc2ccccc21. The van der Waals surface area contributed by atoms with E-state index in [9.17, 15) is 14.4 Å². The zero-order valence-corrected chi connectivity index (χ0v) is 11.0. The van der Waals surface area contributed by atoms with Crippen molar-refractivity contribution in [2.24, 2.45) is 0 Å². The number of carboxylic acid groups (broad SMARTS) is 2. The second kappa shape index (κ2) is 6.12. The number of urea groups is 1. The highest BCUT2D eigenvalue weighted by molar-refractivity contribution is 5.84. The van der Waals surface area contributed by atoms with E-state index in [1.54, 1.807) is 24.3 Å². The molecule has 2 amide bonds. The van der Waals surface area contributed by atoms with Gasteiger partial charge in [0.2, 0.25) is 0 Å². The van der Waals surface area contributed by atoms with Gasteiger partial charge in [0, 0.05) is 5.56 Å². The summed E-state index contributed by atoms with van der Waals surface area (Å²) in [6, 6.07) is 5.94. The van der Waals surface area contributed by atoms with Crippen LogP contribution in [-0.4, -0.2) is 52.8 Å². The maximum absolute atomic E-state index is 12.0. The van der Waals surface area contributed by atoms with Gasteiger partial charge >= 0.3 is 18.0 Å². The third-order valence-electron chi connectivity index (χ3n) is 2.94. The van der Waals surface area contributed by atoms with Crippen LogP contribution in [0.4, 0.5) is 4.79 Å². The average molecular weight is 294 g/mol. The Kier molecular flexibility index (Phi) is 4.27. The molecule has 1 unspecified atom stereocenters. The molecule has 1 aromatic rings. The van der Waals surface area contributed by atoms with Crippen LogP contribution in [0.25, 0.3) is 0 Å². The van der Waals surface area contributed by atoms with Gasteiger partial charge in [-0.3, -0.25) is 9.59 Å². The highest BCUT2D eigenvalue weighted by atomic mass is 16.5. The molecule has 1 aliphatic rings. The second-order valence-corrected chi connectivity index (χ2v) is 4.49. The number of carboxylic acids is 2. The van der Waals surface area contributed by atoms with E-state index in [4.69, 9.17) is 14.9 Å². The minimum atomic E-state index is -1.28. The number of aliphatic carboxylic acids is 2. The zero-order valence-electron chi connectivity index (χ0n) is 11.0. The summed E-state index contributed by atoms with van der Waals surface area (Å²) in [5, 5.41) is 20.0. The van der Waals surface area contributed by atoms with Crippen molar-refractivity contribution in [3.05, 3.63) is 29.8 Å². The number of carbonyl (C=O) groups excluding carboxylic acids is 1. The molecule has 3 N–H and O–H groups in total. The average Bonchev–Trinajstić information content (AvgIpc) is 2.80. The van der Waals surface area contributed by atoms with E-state index in [1.165, 1.54) is 0 Å². The summed E-state index contributed by atoms with van der Waals surface area (Å²) in [7, 11) is 0. The molecule has 8 heteroatoms. The minimum absolute atomic E-state index is 0.221. The maximum Gasteiger partial charge on any atom is 0.323 e. The first kappa shape index (κ1) is 14.6. The third-order valence-corrected chi connectivity index (χ3v) is 2.94. The fourth-order valence-electron chi connectivity index (χ4n) is 2.05. The monoisotopic (exact) mass is 294 g/mol. The van der Waals surface area contributed by atoms with Gasteiger partial charge in [0.05, 0.1) is 6.04 Å². The number of ether oxygens (including phenoxy) is 1. The van der Waals surface area contributed by atoms with Gasteiger partial charge < -0.3 is 25.2 Å². The molecule has 8 nitrogen and oxygen atoms in total. The Hall–Kier alpha value is -2.77. The van der Waals surface area contributed by atoms with Gasteiger partial charge in [0.1, 0.15) is 25.4 Å². The Morgan fingerprint density at radius 2 is 1.81 bits per heavy atom. The van der Waals surface area contributed by atoms with E-state index in [-0.39, 0.29) is 6.61 Å². The minimum Gasteiger partial charge on any atom is -0.491 e. The Balaban J connectivity index is 2.05. The highest BCUT2D eigenvalue weighted by Gasteiger charge is 2.28. The molecule has 0 aromatic heterocycles. The molecule has 2 rings (SSSR count). The Morgan fingerprint density at radius 3 is 2.43 bits per heavy atom. The summed E-state index contributed by atoms with van der Waals surface area (Å²) >= 11 is 0. The van der Waals surface area contributed by atoms with Crippen LogP contribution in [0.3, 0.4) is 0 Å². The van der Waals surface area contributed by atoms with Crippen LogP contribution in [0.5, 0.6) is 5.75 Å².